The highest BCUT2D eigenvalue weighted by Gasteiger charge is 2.33. The summed E-state index contributed by atoms with van der Waals surface area (Å²) in [4.78, 5) is 11.4. The smallest absolute Gasteiger partial charge is 0.151 e. The van der Waals surface area contributed by atoms with Crippen molar-refractivity contribution < 1.29 is 4.79 Å². The van der Waals surface area contributed by atoms with Crippen molar-refractivity contribution in [2.45, 2.75) is 39.0 Å². The molecule has 3 unspecified atom stereocenters. The lowest BCUT2D eigenvalue weighted by molar-refractivity contribution is -0.122. The molecule has 1 rings (SSSR count). The fraction of sp³-hybridized carbons (Fsp3) is 0.900. The zero-order valence-corrected chi connectivity index (χ0v) is 8.77. The van der Waals surface area contributed by atoms with Gasteiger partial charge in [0.1, 0.15) is 0 Å². The molecule has 0 heterocycles. The van der Waals surface area contributed by atoms with E-state index >= 15 is 0 Å². The molecule has 0 radical (unpaired) electrons. The zero-order chi connectivity index (χ0) is 9.30. The van der Waals surface area contributed by atoms with Gasteiger partial charge in [-0.25, -0.2) is 0 Å². The maximum atomic E-state index is 11.4. The highest BCUT2D eigenvalue weighted by atomic mass is 35.5. The Morgan fingerprint density at radius 1 is 1.50 bits per heavy atom. The number of carbonyl (C=O) groups is 1. The molecule has 0 aromatic rings. The summed E-state index contributed by atoms with van der Waals surface area (Å²) >= 11 is 5.94. The standard InChI is InChI=1S/C10H17ClO/c1-6(2)8-4-7(3)10(11)9(12)5-8/h6-8,10H,4-5H2,1-3H3. The molecule has 1 aliphatic rings. The fourth-order valence-corrected chi connectivity index (χ4v) is 2.07. The van der Waals surface area contributed by atoms with E-state index < -0.39 is 0 Å². The van der Waals surface area contributed by atoms with Gasteiger partial charge in [0.05, 0.1) is 5.38 Å². The molecular weight excluding hydrogens is 172 g/mol. The van der Waals surface area contributed by atoms with Crippen molar-refractivity contribution in [3.8, 4) is 0 Å². The quantitative estimate of drug-likeness (QED) is 0.579. The maximum absolute atomic E-state index is 11.4. The average Bonchev–Trinajstić information content (AvgIpc) is 1.99. The predicted molar refractivity (Wildman–Crippen MR) is 51.4 cm³/mol. The minimum atomic E-state index is -0.222. The van der Waals surface area contributed by atoms with Crippen LogP contribution >= 0.6 is 11.6 Å². The normalized spacial score (nSPS) is 37.4. The van der Waals surface area contributed by atoms with Crippen LogP contribution in [0, 0.1) is 17.8 Å². The number of alkyl halides is 1. The van der Waals surface area contributed by atoms with Gasteiger partial charge in [-0.05, 0) is 24.2 Å². The Morgan fingerprint density at radius 2 is 2.08 bits per heavy atom. The van der Waals surface area contributed by atoms with Crippen LogP contribution in [0.15, 0.2) is 0 Å². The summed E-state index contributed by atoms with van der Waals surface area (Å²) in [5.41, 5.74) is 0. The molecule has 0 aromatic carbocycles. The Hall–Kier alpha value is -0.0400. The van der Waals surface area contributed by atoms with Gasteiger partial charge in [0.2, 0.25) is 0 Å². The van der Waals surface area contributed by atoms with E-state index in [4.69, 9.17) is 11.6 Å². The average molecular weight is 189 g/mol. The highest BCUT2D eigenvalue weighted by Crippen LogP contribution is 2.33. The van der Waals surface area contributed by atoms with Crippen LogP contribution in [-0.2, 0) is 4.79 Å². The number of hydrogen-bond acceptors (Lipinski definition) is 1. The van der Waals surface area contributed by atoms with E-state index in [1.165, 1.54) is 0 Å². The fourth-order valence-electron chi connectivity index (χ4n) is 1.88. The summed E-state index contributed by atoms with van der Waals surface area (Å²) in [5, 5.41) is -0.222. The summed E-state index contributed by atoms with van der Waals surface area (Å²) in [6.45, 7) is 6.43. The first kappa shape index (κ1) is 10.0. The minimum absolute atomic E-state index is 0.222. The maximum Gasteiger partial charge on any atom is 0.151 e. The molecule has 3 atom stereocenters. The third-order valence-electron chi connectivity index (χ3n) is 2.89. The summed E-state index contributed by atoms with van der Waals surface area (Å²) in [7, 11) is 0. The molecule has 1 fully saturated rings. The molecule has 1 saturated carbocycles. The molecule has 1 nitrogen and oxygen atoms in total. The Kier molecular flexibility index (Phi) is 3.16. The van der Waals surface area contributed by atoms with Crippen LogP contribution in [0.2, 0.25) is 0 Å². The molecular formula is C10H17ClO. The number of halogens is 1. The van der Waals surface area contributed by atoms with Crippen molar-refractivity contribution in [2.75, 3.05) is 0 Å². The van der Waals surface area contributed by atoms with E-state index in [2.05, 4.69) is 20.8 Å². The van der Waals surface area contributed by atoms with Gasteiger partial charge in [0, 0.05) is 6.42 Å². The first-order valence-corrected chi connectivity index (χ1v) is 5.12. The van der Waals surface area contributed by atoms with Crippen molar-refractivity contribution in [2.24, 2.45) is 17.8 Å². The van der Waals surface area contributed by atoms with Crippen LogP contribution < -0.4 is 0 Å². The van der Waals surface area contributed by atoms with Crippen molar-refractivity contribution >= 4 is 17.4 Å². The summed E-state index contributed by atoms with van der Waals surface area (Å²) in [6, 6.07) is 0. The SMILES string of the molecule is CC(C)C1CC(=O)C(Cl)C(C)C1. The largest absolute Gasteiger partial charge is 0.298 e. The molecule has 0 spiro atoms. The van der Waals surface area contributed by atoms with Gasteiger partial charge in [0.15, 0.2) is 5.78 Å². The lowest BCUT2D eigenvalue weighted by atomic mass is 9.76. The second kappa shape index (κ2) is 3.78. The Morgan fingerprint density at radius 3 is 2.50 bits per heavy atom. The number of rotatable bonds is 1. The number of carbonyl (C=O) groups excluding carboxylic acids is 1. The van der Waals surface area contributed by atoms with Crippen LogP contribution in [0.25, 0.3) is 0 Å². The van der Waals surface area contributed by atoms with Gasteiger partial charge in [-0.3, -0.25) is 4.79 Å². The third kappa shape index (κ3) is 2.01. The van der Waals surface area contributed by atoms with Crippen molar-refractivity contribution in [3.63, 3.8) is 0 Å². The van der Waals surface area contributed by atoms with Gasteiger partial charge in [-0.15, -0.1) is 11.6 Å². The first-order valence-electron chi connectivity index (χ1n) is 4.69. The number of hydrogen-bond donors (Lipinski definition) is 0. The Bertz CT molecular complexity index is 177. The van der Waals surface area contributed by atoms with Crippen LogP contribution in [0.4, 0.5) is 0 Å². The van der Waals surface area contributed by atoms with E-state index in [0.717, 1.165) is 6.42 Å². The monoisotopic (exact) mass is 188 g/mol. The lowest BCUT2D eigenvalue weighted by Gasteiger charge is -2.31. The molecule has 12 heavy (non-hydrogen) atoms. The Labute approximate surface area is 79.5 Å². The van der Waals surface area contributed by atoms with E-state index in [1.807, 2.05) is 0 Å². The van der Waals surface area contributed by atoms with E-state index in [0.29, 0.717) is 24.2 Å². The molecule has 0 saturated heterocycles. The third-order valence-corrected chi connectivity index (χ3v) is 3.56. The second-order valence-electron chi connectivity index (χ2n) is 4.29. The van der Waals surface area contributed by atoms with Crippen molar-refractivity contribution in [1.82, 2.24) is 0 Å². The minimum Gasteiger partial charge on any atom is -0.298 e. The molecule has 0 aliphatic heterocycles. The molecule has 0 bridgehead atoms. The van der Waals surface area contributed by atoms with Crippen LogP contribution in [0.5, 0.6) is 0 Å². The molecule has 0 amide bonds. The second-order valence-corrected chi connectivity index (χ2v) is 4.76. The number of Topliss-reactive ketones (excluding diaryl/α,β-unsaturated/α-hetero) is 1. The summed E-state index contributed by atoms with van der Waals surface area (Å²) in [5.74, 6) is 1.78. The van der Waals surface area contributed by atoms with E-state index in [9.17, 15) is 4.79 Å². The highest BCUT2D eigenvalue weighted by molar-refractivity contribution is 6.31. The lowest BCUT2D eigenvalue weighted by Crippen LogP contribution is -2.34. The zero-order valence-electron chi connectivity index (χ0n) is 8.01. The van der Waals surface area contributed by atoms with Gasteiger partial charge in [-0.2, -0.15) is 0 Å². The predicted octanol–water partition coefficient (Wildman–Crippen LogP) is 2.87. The van der Waals surface area contributed by atoms with Crippen LogP contribution in [-0.4, -0.2) is 11.2 Å². The first-order chi connectivity index (χ1) is 5.52. The Balaban J connectivity index is 2.59. The van der Waals surface area contributed by atoms with E-state index in [-0.39, 0.29) is 11.2 Å². The molecule has 70 valence electrons. The van der Waals surface area contributed by atoms with Gasteiger partial charge >= 0.3 is 0 Å². The molecule has 2 heteroatoms. The topological polar surface area (TPSA) is 17.1 Å². The van der Waals surface area contributed by atoms with Crippen molar-refractivity contribution in [3.05, 3.63) is 0 Å². The van der Waals surface area contributed by atoms with Gasteiger partial charge in [-0.1, -0.05) is 20.8 Å². The molecule has 0 N–H and O–H groups in total. The van der Waals surface area contributed by atoms with Gasteiger partial charge < -0.3 is 0 Å². The van der Waals surface area contributed by atoms with Crippen LogP contribution in [0.1, 0.15) is 33.6 Å². The van der Waals surface area contributed by atoms with Crippen LogP contribution in [0.3, 0.4) is 0 Å². The molecule has 0 aromatic heterocycles. The summed E-state index contributed by atoms with van der Waals surface area (Å²) < 4.78 is 0. The number of ketones is 1. The summed E-state index contributed by atoms with van der Waals surface area (Å²) in [6.07, 6.45) is 1.80. The van der Waals surface area contributed by atoms with E-state index in [1.54, 1.807) is 0 Å². The van der Waals surface area contributed by atoms with Crippen molar-refractivity contribution in [1.29, 1.82) is 0 Å². The molecule has 1 aliphatic carbocycles. The van der Waals surface area contributed by atoms with Gasteiger partial charge in [0.25, 0.3) is 0 Å².